The Bertz CT molecular complexity index is 539. The van der Waals surface area contributed by atoms with Gasteiger partial charge in [-0.25, -0.2) is 4.98 Å². The lowest BCUT2D eigenvalue weighted by Crippen LogP contribution is -2.00. The Morgan fingerprint density at radius 1 is 1.05 bits per heavy atom. The Kier molecular flexibility index (Phi) is 7.31. The van der Waals surface area contributed by atoms with Gasteiger partial charge in [0.05, 0.1) is 10.2 Å². The summed E-state index contributed by atoms with van der Waals surface area (Å²) in [7, 11) is 0. The van der Waals surface area contributed by atoms with E-state index in [1.807, 2.05) is 18.2 Å². The number of unbranched alkanes of at least 4 members (excludes halogenated alkanes) is 7. The Morgan fingerprint density at radius 2 is 1.76 bits per heavy atom. The van der Waals surface area contributed by atoms with Crippen LogP contribution in [-0.4, -0.2) is 11.5 Å². The van der Waals surface area contributed by atoms with Crippen LogP contribution in [0.25, 0.3) is 10.2 Å². The molecule has 1 aromatic carbocycles. The fourth-order valence-electron chi connectivity index (χ4n) is 2.43. The van der Waals surface area contributed by atoms with Gasteiger partial charge in [-0.1, -0.05) is 74.8 Å². The molecule has 0 fully saturated rings. The van der Waals surface area contributed by atoms with E-state index in [0.717, 1.165) is 22.2 Å². The topological polar surface area (TPSA) is 24.9 Å². The van der Waals surface area contributed by atoms with Crippen LogP contribution in [0.1, 0.15) is 58.3 Å². The number of fused-ring (bicyclic) bond motifs is 1. The van der Waals surface area contributed by atoms with Crippen LogP contribution in [0.3, 0.4) is 0 Å². The Labute approximate surface area is 136 Å². The Hall–Kier alpha value is -0.800. The van der Waals surface area contributed by atoms with Crippen molar-refractivity contribution in [2.45, 2.75) is 58.3 Å². The highest BCUT2D eigenvalue weighted by Gasteiger charge is 2.03. The smallest absolute Gasteiger partial charge is 0.183 e. The molecule has 0 saturated carbocycles. The van der Waals surface area contributed by atoms with Crippen LogP contribution in [0, 0.1) is 0 Å². The molecule has 0 aliphatic carbocycles. The molecule has 116 valence electrons. The summed E-state index contributed by atoms with van der Waals surface area (Å²) in [4.78, 5) is 4.56. The summed E-state index contributed by atoms with van der Waals surface area (Å²) in [5.41, 5.74) is 0.992. The number of benzene rings is 1. The molecule has 0 amide bonds. The Balaban J connectivity index is 1.59. The van der Waals surface area contributed by atoms with E-state index in [1.54, 1.807) is 11.3 Å². The maximum atomic E-state index is 5.98. The first kappa shape index (κ1) is 16.6. The minimum atomic E-state index is 0.752. The normalized spacial score (nSPS) is 11.1. The first-order chi connectivity index (χ1) is 10.3. The van der Waals surface area contributed by atoms with Crippen LogP contribution in [0.15, 0.2) is 18.2 Å². The van der Waals surface area contributed by atoms with Crippen molar-refractivity contribution in [1.82, 2.24) is 4.98 Å². The van der Waals surface area contributed by atoms with Crippen molar-refractivity contribution in [2.24, 2.45) is 0 Å². The summed E-state index contributed by atoms with van der Waals surface area (Å²) >= 11 is 7.68. The standard InChI is InChI=1S/C17H25ClN2S/c1-2-3-4-5-6-7-8-9-12-19-17-20-15-13-14(18)10-11-16(15)21-17/h10-11,13H,2-9,12H2,1H3,(H,19,20). The Morgan fingerprint density at radius 3 is 2.52 bits per heavy atom. The van der Waals surface area contributed by atoms with E-state index in [4.69, 9.17) is 11.6 Å². The zero-order valence-corrected chi connectivity index (χ0v) is 14.4. The van der Waals surface area contributed by atoms with Crippen LogP contribution >= 0.6 is 22.9 Å². The summed E-state index contributed by atoms with van der Waals surface area (Å²) in [6, 6.07) is 5.88. The number of thiazole rings is 1. The third-order valence-electron chi connectivity index (χ3n) is 3.66. The van der Waals surface area contributed by atoms with Gasteiger partial charge in [-0.05, 0) is 24.6 Å². The second-order valence-electron chi connectivity index (χ2n) is 5.53. The number of hydrogen-bond donors (Lipinski definition) is 1. The predicted octanol–water partition coefficient (Wildman–Crippen LogP) is 6.50. The van der Waals surface area contributed by atoms with Crippen molar-refractivity contribution in [3.63, 3.8) is 0 Å². The molecular weight excluding hydrogens is 300 g/mol. The van der Waals surface area contributed by atoms with Gasteiger partial charge in [-0.3, -0.25) is 0 Å². The maximum Gasteiger partial charge on any atom is 0.183 e. The lowest BCUT2D eigenvalue weighted by atomic mass is 10.1. The largest absolute Gasteiger partial charge is 0.361 e. The molecule has 0 spiro atoms. The molecule has 1 N–H and O–H groups in total. The molecule has 0 bridgehead atoms. The molecule has 0 aliphatic rings. The quantitative estimate of drug-likeness (QED) is 0.504. The number of anilines is 1. The maximum absolute atomic E-state index is 5.98. The van der Waals surface area contributed by atoms with Crippen LogP contribution in [-0.2, 0) is 0 Å². The highest BCUT2D eigenvalue weighted by Crippen LogP contribution is 2.27. The SMILES string of the molecule is CCCCCCCCCCNc1nc2cc(Cl)ccc2s1. The van der Waals surface area contributed by atoms with Gasteiger partial charge in [0, 0.05) is 11.6 Å². The van der Waals surface area contributed by atoms with E-state index in [0.29, 0.717) is 0 Å². The third-order valence-corrected chi connectivity index (χ3v) is 4.89. The van der Waals surface area contributed by atoms with Gasteiger partial charge < -0.3 is 5.32 Å². The van der Waals surface area contributed by atoms with E-state index in [2.05, 4.69) is 17.2 Å². The number of nitrogens with zero attached hydrogens (tertiary/aromatic N) is 1. The van der Waals surface area contributed by atoms with Crippen molar-refractivity contribution in [2.75, 3.05) is 11.9 Å². The monoisotopic (exact) mass is 324 g/mol. The number of halogens is 1. The minimum Gasteiger partial charge on any atom is -0.361 e. The molecule has 1 heterocycles. The van der Waals surface area contributed by atoms with Crippen molar-refractivity contribution in [1.29, 1.82) is 0 Å². The van der Waals surface area contributed by atoms with Crippen LogP contribution in [0.2, 0.25) is 5.02 Å². The molecule has 4 heteroatoms. The molecule has 0 atom stereocenters. The molecule has 0 radical (unpaired) electrons. The van der Waals surface area contributed by atoms with E-state index in [9.17, 15) is 0 Å². The van der Waals surface area contributed by atoms with Crippen molar-refractivity contribution in [3.8, 4) is 0 Å². The summed E-state index contributed by atoms with van der Waals surface area (Å²) in [6.07, 6.45) is 10.8. The molecular formula is C17H25ClN2S. The molecule has 1 aromatic heterocycles. The zero-order chi connectivity index (χ0) is 14.9. The van der Waals surface area contributed by atoms with Crippen LogP contribution in [0.5, 0.6) is 0 Å². The number of rotatable bonds is 10. The fourth-order valence-corrected chi connectivity index (χ4v) is 3.47. The highest BCUT2D eigenvalue weighted by molar-refractivity contribution is 7.22. The third kappa shape index (κ3) is 5.84. The number of hydrogen-bond acceptors (Lipinski definition) is 3. The van der Waals surface area contributed by atoms with Gasteiger partial charge in [0.2, 0.25) is 0 Å². The molecule has 2 nitrogen and oxygen atoms in total. The van der Waals surface area contributed by atoms with E-state index >= 15 is 0 Å². The summed E-state index contributed by atoms with van der Waals surface area (Å²) in [5, 5.41) is 5.19. The molecule has 2 rings (SSSR count). The zero-order valence-electron chi connectivity index (χ0n) is 12.8. The first-order valence-electron chi connectivity index (χ1n) is 8.09. The summed E-state index contributed by atoms with van der Waals surface area (Å²) in [6.45, 7) is 3.28. The number of aromatic nitrogens is 1. The lowest BCUT2D eigenvalue weighted by molar-refractivity contribution is 0.581. The second kappa shape index (κ2) is 9.26. The van der Waals surface area contributed by atoms with Crippen molar-refractivity contribution >= 4 is 38.3 Å². The van der Waals surface area contributed by atoms with Gasteiger partial charge in [0.1, 0.15) is 0 Å². The van der Waals surface area contributed by atoms with Gasteiger partial charge in [-0.15, -0.1) is 0 Å². The van der Waals surface area contributed by atoms with Gasteiger partial charge in [0.25, 0.3) is 0 Å². The molecule has 0 aliphatic heterocycles. The van der Waals surface area contributed by atoms with Crippen molar-refractivity contribution in [3.05, 3.63) is 23.2 Å². The fraction of sp³-hybridized carbons (Fsp3) is 0.588. The lowest BCUT2D eigenvalue weighted by Gasteiger charge is -2.03. The van der Waals surface area contributed by atoms with Gasteiger partial charge in [0.15, 0.2) is 5.13 Å². The molecule has 0 unspecified atom stereocenters. The second-order valence-corrected chi connectivity index (χ2v) is 7.00. The van der Waals surface area contributed by atoms with E-state index in [1.165, 1.54) is 56.1 Å². The summed E-state index contributed by atoms with van der Waals surface area (Å²) < 4.78 is 1.19. The predicted molar refractivity (Wildman–Crippen MR) is 95.7 cm³/mol. The molecule has 21 heavy (non-hydrogen) atoms. The first-order valence-corrected chi connectivity index (χ1v) is 9.29. The van der Waals surface area contributed by atoms with Gasteiger partial charge in [-0.2, -0.15) is 0 Å². The van der Waals surface area contributed by atoms with Crippen molar-refractivity contribution < 1.29 is 0 Å². The highest BCUT2D eigenvalue weighted by atomic mass is 35.5. The molecule has 0 saturated heterocycles. The van der Waals surface area contributed by atoms with E-state index < -0.39 is 0 Å². The number of nitrogens with one attached hydrogen (secondary N) is 1. The minimum absolute atomic E-state index is 0.752. The average Bonchev–Trinajstić information content (AvgIpc) is 2.87. The van der Waals surface area contributed by atoms with E-state index in [-0.39, 0.29) is 0 Å². The van der Waals surface area contributed by atoms with Crippen LogP contribution in [0.4, 0.5) is 5.13 Å². The summed E-state index contributed by atoms with van der Waals surface area (Å²) in [5.74, 6) is 0. The average molecular weight is 325 g/mol. The van der Waals surface area contributed by atoms with Crippen LogP contribution < -0.4 is 5.32 Å². The van der Waals surface area contributed by atoms with Gasteiger partial charge >= 0.3 is 0 Å². The molecule has 2 aromatic rings.